The van der Waals surface area contributed by atoms with Gasteiger partial charge in [0.2, 0.25) is 5.91 Å². The Morgan fingerprint density at radius 1 is 1.77 bits per heavy atom. The van der Waals surface area contributed by atoms with Crippen LogP contribution < -0.4 is 0 Å². The molecule has 0 unspecified atom stereocenters. The Bertz CT molecular complexity index is 216. The Labute approximate surface area is 84.2 Å². The van der Waals surface area contributed by atoms with Crippen LogP contribution in [0, 0.1) is 0 Å². The van der Waals surface area contributed by atoms with E-state index in [-0.39, 0.29) is 5.91 Å². The van der Waals surface area contributed by atoms with E-state index in [1.807, 2.05) is 4.90 Å². The number of ether oxygens (including phenoxy) is 1. The van der Waals surface area contributed by atoms with E-state index in [1.54, 1.807) is 7.11 Å². The third-order valence-electron chi connectivity index (χ3n) is 2.12. The number of thiol groups is 1. The summed E-state index contributed by atoms with van der Waals surface area (Å²) in [6.45, 7) is 2.19. The first-order valence-corrected chi connectivity index (χ1v) is 4.96. The van der Waals surface area contributed by atoms with Gasteiger partial charge in [-0.05, 0) is 12.0 Å². The highest BCUT2D eigenvalue weighted by Gasteiger charge is 2.15. The first-order chi connectivity index (χ1) is 6.27. The smallest absolute Gasteiger partial charge is 0.232 e. The van der Waals surface area contributed by atoms with Crippen LogP contribution in [0.5, 0.6) is 0 Å². The van der Waals surface area contributed by atoms with E-state index in [0.717, 1.165) is 13.0 Å². The SMILES string of the molecule is COCC1=CCN(C(=O)CS)CC1. The summed E-state index contributed by atoms with van der Waals surface area (Å²) in [7, 11) is 1.69. The zero-order chi connectivity index (χ0) is 9.68. The fraction of sp³-hybridized carbons (Fsp3) is 0.667. The molecule has 0 aliphatic carbocycles. The van der Waals surface area contributed by atoms with Crippen LogP contribution in [0.25, 0.3) is 0 Å². The molecule has 0 saturated carbocycles. The highest BCUT2D eigenvalue weighted by atomic mass is 32.1. The Morgan fingerprint density at radius 3 is 3.00 bits per heavy atom. The zero-order valence-corrected chi connectivity index (χ0v) is 8.72. The molecular formula is C9H15NO2S. The summed E-state index contributed by atoms with van der Waals surface area (Å²) in [4.78, 5) is 13.0. The van der Waals surface area contributed by atoms with Crippen molar-refractivity contribution in [2.45, 2.75) is 6.42 Å². The van der Waals surface area contributed by atoms with Crippen LogP contribution in [0.2, 0.25) is 0 Å². The normalized spacial score (nSPS) is 17.1. The van der Waals surface area contributed by atoms with E-state index in [9.17, 15) is 4.79 Å². The number of hydrogen-bond donors (Lipinski definition) is 1. The topological polar surface area (TPSA) is 29.5 Å². The molecule has 0 N–H and O–H groups in total. The van der Waals surface area contributed by atoms with Gasteiger partial charge in [-0.25, -0.2) is 0 Å². The highest BCUT2D eigenvalue weighted by molar-refractivity contribution is 7.81. The largest absolute Gasteiger partial charge is 0.380 e. The number of amides is 1. The van der Waals surface area contributed by atoms with E-state index < -0.39 is 0 Å². The van der Waals surface area contributed by atoms with Gasteiger partial charge in [0.05, 0.1) is 12.4 Å². The molecule has 0 spiro atoms. The third kappa shape index (κ3) is 3.04. The van der Waals surface area contributed by atoms with Gasteiger partial charge in [0.25, 0.3) is 0 Å². The number of methoxy groups -OCH3 is 1. The van der Waals surface area contributed by atoms with Crippen LogP contribution >= 0.6 is 12.6 Å². The molecule has 1 aliphatic heterocycles. The summed E-state index contributed by atoms with van der Waals surface area (Å²) in [6.07, 6.45) is 2.99. The number of rotatable bonds is 3. The predicted octanol–water partition coefficient (Wildman–Crippen LogP) is 0.721. The van der Waals surface area contributed by atoms with E-state index >= 15 is 0 Å². The van der Waals surface area contributed by atoms with Gasteiger partial charge in [-0.3, -0.25) is 4.79 Å². The summed E-state index contributed by atoms with van der Waals surface area (Å²) < 4.78 is 5.02. The summed E-state index contributed by atoms with van der Waals surface area (Å²) >= 11 is 3.95. The van der Waals surface area contributed by atoms with E-state index in [1.165, 1.54) is 5.57 Å². The quantitative estimate of drug-likeness (QED) is 0.538. The Kier molecular flexibility index (Phi) is 4.32. The molecular weight excluding hydrogens is 186 g/mol. The average Bonchev–Trinajstić information content (AvgIpc) is 2.18. The first-order valence-electron chi connectivity index (χ1n) is 4.33. The van der Waals surface area contributed by atoms with Crippen molar-refractivity contribution in [1.29, 1.82) is 0 Å². The van der Waals surface area contributed by atoms with Gasteiger partial charge in [0.15, 0.2) is 0 Å². The second kappa shape index (κ2) is 5.29. The number of carbonyl (C=O) groups excluding carboxylic acids is 1. The predicted molar refractivity (Wildman–Crippen MR) is 55.0 cm³/mol. The van der Waals surface area contributed by atoms with Crippen molar-refractivity contribution in [2.24, 2.45) is 0 Å². The van der Waals surface area contributed by atoms with Crippen LogP contribution in [0.3, 0.4) is 0 Å². The number of hydrogen-bond acceptors (Lipinski definition) is 3. The minimum atomic E-state index is 0.107. The maximum Gasteiger partial charge on any atom is 0.232 e. The molecule has 0 fully saturated rings. The molecule has 0 radical (unpaired) electrons. The maximum atomic E-state index is 11.2. The maximum absolute atomic E-state index is 11.2. The van der Waals surface area contributed by atoms with Crippen molar-refractivity contribution in [1.82, 2.24) is 4.90 Å². The van der Waals surface area contributed by atoms with Crippen molar-refractivity contribution >= 4 is 18.5 Å². The fourth-order valence-corrected chi connectivity index (χ4v) is 1.55. The van der Waals surface area contributed by atoms with E-state index in [0.29, 0.717) is 18.9 Å². The van der Waals surface area contributed by atoms with Gasteiger partial charge in [0.1, 0.15) is 0 Å². The van der Waals surface area contributed by atoms with Crippen molar-refractivity contribution < 1.29 is 9.53 Å². The molecule has 1 amide bonds. The Balaban J connectivity index is 2.41. The molecule has 74 valence electrons. The summed E-state index contributed by atoms with van der Waals surface area (Å²) in [5, 5.41) is 0. The lowest BCUT2D eigenvalue weighted by Crippen LogP contribution is -2.36. The van der Waals surface area contributed by atoms with Gasteiger partial charge in [-0.15, -0.1) is 0 Å². The lowest BCUT2D eigenvalue weighted by Gasteiger charge is -2.25. The van der Waals surface area contributed by atoms with E-state index in [2.05, 4.69) is 18.7 Å². The minimum absolute atomic E-state index is 0.107. The number of carbonyl (C=O) groups is 1. The van der Waals surface area contributed by atoms with Crippen molar-refractivity contribution in [3.05, 3.63) is 11.6 Å². The molecule has 0 aromatic heterocycles. The fourth-order valence-electron chi connectivity index (χ4n) is 1.35. The minimum Gasteiger partial charge on any atom is -0.380 e. The molecule has 4 heteroatoms. The van der Waals surface area contributed by atoms with Gasteiger partial charge in [-0.2, -0.15) is 12.6 Å². The molecule has 0 saturated heterocycles. The molecule has 0 bridgehead atoms. The Morgan fingerprint density at radius 2 is 2.54 bits per heavy atom. The van der Waals surface area contributed by atoms with Crippen LogP contribution in [0.15, 0.2) is 11.6 Å². The van der Waals surface area contributed by atoms with Gasteiger partial charge < -0.3 is 9.64 Å². The van der Waals surface area contributed by atoms with Crippen LogP contribution in [0.1, 0.15) is 6.42 Å². The lowest BCUT2D eigenvalue weighted by atomic mass is 10.1. The molecule has 0 aromatic carbocycles. The highest BCUT2D eigenvalue weighted by Crippen LogP contribution is 2.10. The molecule has 0 atom stereocenters. The summed E-state index contributed by atoms with van der Waals surface area (Å²) in [6, 6.07) is 0. The average molecular weight is 201 g/mol. The summed E-state index contributed by atoms with van der Waals surface area (Å²) in [5.74, 6) is 0.407. The second-order valence-electron chi connectivity index (χ2n) is 3.04. The summed E-state index contributed by atoms with van der Waals surface area (Å²) in [5.41, 5.74) is 1.28. The molecule has 3 nitrogen and oxygen atoms in total. The van der Waals surface area contributed by atoms with Crippen LogP contribution in [0.4, 0.5) is 0 Å². The molecule has 1 heterocycles. The van der Waals surface area contributed by atoms with Crippen molar-refractivity contribution in [3.8, 4) is 0 Å². The third-order valence-corrected chi connectivity index (χ3v) is 2.39. The number of nitrogens with zero attached hydrogens (tertiary/aromatic N) is 1. The zero-order valence-electron chi connectivity index (χ0n) is 7.82. The second-order valence-corrected chi connectivity index (χ2v) is 3.36. The first kappa shape index (κ1) is 10.6. The monoisotopic (exact) mass is 201 g/mol. The lowest BCUT2D eigenvalue weighted by molar-refractivity contribution is -0.128. The van der Waals surface area contributed by atoms with E-state index in [4.69, 9.17) is 4.74 Å². The molecule has 13 heavy (non-hydrogen) atoms. The van der Waals surface area contributed by atoms with Crippen LogP contribution in [-0.2, 0) is 9.53 Å². The van der Waals surface area contributed by atoms with Crippen molar-refractivity contribution in [3.63, 3.8) is 0 Å². The molecule has 1 aliphatic rings. The van der Waals surface area contributed by atoms with Gasteiger partial charge >= 0.3 is 0 Å². The van der Waals surface area contributed by atoms with Gasteiger partial charge in [0, 0.05) is 20.2 Å². The Hall–Kier alpha value is -0.480. The van der Waals surface area contributed by atoms with Gasteiger partial charge in [-0.1, -0.05) is 6.08 Å². The standard InChI is InChI=1S/C9H15NO2S/c1-12-6-8-2-4-10(5-3-8)9(11)7-13/h2,13H,3-7H2,1H3. The van der Waals surface area contributed by atoms with Crippen LogP contribution in [-0.4, -0.2) is 43.4 Å². The molecule has 0 aromatic rings. The van der Waals surface area contributed by atoms with Crippen molar-refractivity contribution in [2.75, 3.05) is 32.6 Å². The molecule has 1 rings (SSSR count).